The Morgan fingerprint density at radius 1 is 1.31 bits per heavy atom. The van der Waals surface area contributed by atoms with E-state index in [0.29, 0.717) is 25.6 Å². The minimum Gasteiger partial charge on any atom is -0.497 e. The van der Waals surface area contributed by atoms with Crippen molar-refractivity contribution in [2.75, 3.05) is 39.5 Å². The largest absolute Gasteiger partial charge is 0.497 e. The zero-order valence-electron chi connectivity index (χ0n) is 17.6. The van der Waals surface area contributed by atoms with Crippen molar-refractivity contribution >= 4 is 40.0 Å². The van der Waals surface area contributed by atoms with Crippen LogP contribution in [-0.2, 0) is 10.0 Å². The van der Waals surface area contributed by atoms with Gasteiger partial charge in [0.05, 0.1) is 19.4 Å². The molecule has 2 rings (SSSR count). The second kappa shape index (κ2) is 12.4. The van der Waals surface area contributed by atoms with Crippen LogP contribution < -0.4 is 20.1 Å². The van der Waals surface area contributed by atoms with Crippen LogP contribution in [0.15, 0.2) is 29.3 Å². The fraction of sp³-hybridized carbons (Fsp3) is 0.632. The molecule has 2 N–H and O–H groups in total. The Kier molecular flexibility index (Phi) is 11.0. The van der Waals surface area contributed by atoms with E-state index in [2.05, 4.69) is 15.6 Å². The minimum atomic E-state index is -3.10. The number of aliphatic imine (C=N–C) groups is 1. The number of methoxy groups -OCH3 is 1. The molecule has 1 fully saturated rings. The zero-order valence-corrected chi connectivity index (χ0v) is 20.7. The van der Waals surface area contributed by atoms with Gasteiger partial charge in [-0.3, -0.25) is 4.99 Å². The fourth-order valence-electron chi connectivity index (χ4n) is 3.04. The molecule has 1 aromatic rings. The maximum absolute atomic E-state index is 12.0. The molecule has 8 nitrogen and oxygen atoms in total. The topological polar surface area (TPSA) is 92.3 Å². The Labute approximate surface area is 191 Å². The quantitative estimate of drug-likeness (QED) is 0.298. The van der Waals surface area contributed by atoms with Crippen LogP contribution in [-0.4, -0.2) is 70.4 Å². The van der Waals surface area contributed by atoms with Crippen molar-refractivity contribution < 1.29 is 17.9 Å². The number of guanidine groups is 1. The number of hydrogen-bond donors (Lipinski definition) is 2. The van der Waals surface area contributed by atoms with Crippen molar-refractivity contribution in [3.05, 3.63) is 24.3 Å². The SMILES string of the molecule is CCS(=O)(=O)N1CCC(NC(=NC)NCC(C)Oc2cccc(OC)c2)CC1.I. The molecular formula is C19H33IN4O4S. The summed E-state index contributed by atoms with van der Waals surface area (Å²) in [5, 5.41) is 6.64. The number of piperidine rings is 1. The van der Waals surface area contributed by atoms with Gasteiger partial charge in [0, 0.05) is 32.2 Å². The van der Waals surface area contributed by atoms with E-state index in [-0.39, 0.29) is 41.9 Å². The lowest BCUT2D eigenvalue weighted by atomic mass is 10.1. The average Bonchev–Trinajstić information content (AvgIpc) is 2.71. The van der Waals surface area contributed by atoms with Crippen LogP contribution in [0, 0.1) is 0 Å². The molecule has 1 aliphatic heterocycles. The van der Waals surface area contributed by atoms with Gasteiger partial charge in [-0.15, -0.1) is 24.0 Å². The van der Waals surface area contributed by atoms with E-state index in [1.165, 1.54) is 0 Å². The summed E-state index contributed by atoms with van der Waals surface area (Å²) in [6.07, 6.45) is 1.45. The van der Waals surface area contributed by atoms with Gasteiger partial charge in [-0.25, -0.2) is 12.7 Å². The molecule has 0 radical (unpaired) electrons. The standard InChI is InChI=1S/C19H32N4O4S.HI/c1-5-28(24,25)23-11-9-16(10-12-23)22-19(20-3)21-14-15(2)27-18-8-6-7-17(13-18)26-4;/h6-8,13,15-16H,5,9-12,14H2,1-4H3,(H2,20,21,22);1H. The molecule has 1 unspecified atom stereocenters. The van der Waals surface area contributed by atoms with Crippen LogP contribution >= 0.6 is 24.0 Å². The van der Waals surface area contributed by atoms with E-state index >= 15 is 0 Å². The predicted molar refractivity (Wildman–Crippen MR) is 127 cm³/mol. The minimum absolute atomic E-state index is 0. The van der Waals surface area contributed by atoms with Crippen LogP contribution in [0.1, 0.15) is 26.7 Å². The second-order valence-electron chi connectivity index (χ2n) is 6.78. The van der Waals surface area contributed by atoms with Crippen LogP contribution in [0.5, 0.6) is 11.5 Å². The summed E-state index contributed by atoms with van der Waals surface area (Å²) < 4.78 is 36.6. The third kappa shape index (κ3) is 8.17. The maximum Gasteiger partial charge on any atom is 0.213 e. The summed E-state index contributed by atoms with van der Waals surface area (Å²) >= 11 is 0. The van der Waals surface area contributed by atoms with Crippen molar-refractivity contribution in [2.24, 2.45) is 4.99 Å². The van der Waals surface area contributed by atoms with Crippen LogP contribution in [0.25, 0.3) is 0 Å². The van der Waals surface area contributed by atoms with Gasteiger partial charge in [-0.1, -0.05) is 6.07 Å². The van der Waals surface area contributed by atoms with Gasteiger partial charge in [0.25, 0.3) is 0 Å². The highest BCUT2D eigenvalue weighted by Crippen LogP contribution is 2.19. The van der Waals surface area contributed by atoms with Crippen molar-refractivity contribution in [3.63, 3.8) is 0 Å². The number of nitrogens with one attached hydrogen (secondary N) is 2. The van der Waals surface area contributed by atoms with Crippen molar-refractivity contribution in [1.82, 2.24) is 14.9 Å². The van der Waals surface area contributed by atoms with Gasteiger partial charge in [0.15, 0.2) is 5.96 Å². The van der Waals surface area contributed by atoms with Gasteiger partial charge in [-0.2, -0.15) is 0 Å². The van der Waals surface area contributed by atoms with E-state index < -0.39 is 10.0 Å². The first-order valence-corrected chi connectivity index (χ1v) is 11.2. The lowest BCUT2D eigenvalue weighted by Crippen LogP contribution is -2.51. The second-order valence-corrected chi connectivity index (χ2v) is 9.04. The van der Waals surface area contributed by atoms with Crippen LogP contribution in [0.4, 0.5) is 0 Å². The van der Waals surface area contributed by atoms with Crippen LogP contribution in [0.2, 0.25) is 0 Å². The first kappa shape index (κ1) is 25.8. The Balaban J connectivity index is 0.00000420. The molecular weight excluding hydrogens is 507 g/mol. The third-order valence-electron chi connectivity index (χ3n) is 4.71. The first-order valence-electron chi connectivity index (χ1n) is 9.63. The summed E-state index contributed by atoms with van der Waals surface area (Å²) in [4.78, 5) is 4.26. The number of nitrogens with zero attached hydrogens (tertiary/aromatic N) is 2. The summed E-state index contributed by atoms with van der Waals surface area (Å²) in [6, 6.07) is 7.70. The molecule has 1 aromatic carbocycles. The van der Waals surface area contributed by atoms with E-state index in [1.54, 1.807) is 25.4 Å². The predicted octanol–water partition coefficient (Wildman–Crippen LogP) is 2.06. The van der Waals surface area contributed by atoms with Crippen molar-refractivity contribution in [2.45, 2.75) is 38.8 Å². The zero-order chi connectivity index (χ0) is 20.6. The lowest BCUT2D eigenvalue weighted by Gasteiger charge is -2.32. The van der Waals surface area contributed by atoms with E-state index in [9.17, 15) is 8.42 Å². The Hall–Kier alpha value is -1.27. The first-order chi connectivity index (χ1) is 13.4. The number of hydrogen-bond acceptors (Lipinski definition) is 5. The smallest absolute Gasteiger partial charge is 0.213 e. The van der Waals surface area contributed by atoms with Crippen molar-refractivity contribution in [1.29, 1.82) is 0 Å². The number of rotatable bonds is 8. The number of ether oxygens (including phenoxy) is 2. The Bertz CT molecular complexity index is 752. The molecule has 1 atom stereocenters. The van der Waals surface area contributed by atoms with Gasteiger partial charge in [0.1, 0.15) is 17.6 Å². The van der Waals surface area contributed by atoms with Gasteiger partial charge in [-0.05, 0) is 38.8 Å². The third-order valence-corrected chi connectivity index (χ3v) is 6.59. The Morgan fingerprint density at radius 2 is 1.97 bits per heavy atom. The molecule has 0 aliphatic carbocycles. The summed E-state index contributed by atoms with van der Waals surface area (Å²) in [5.41, 5.74) is 0. The van der Waals surface area contributed by atoms with Crippen molar-refractivity contribution in [3.8, 4) is 11.5 Å². The highest BCUT2D eigenvalue weighted by molar-refractivity contribution is 14.0. The molecule has 1 saturated heterocycles. The highest BCUT2D eigenvalue weighted by Gasteiger charge is 2.27. The Morgan fingerprint density at radius 3 is 2.55 bits per heavy atom. The van der Waals surface area contributed by atoms with Gasteiger partial charge in [0.2, 0.25) is 10.0 Å². The monoisotopic (exact) mass is 540 g/mol. The fourth-order valence-corrected chi connectivity index (χ4v) is 4.17. The molecule has 10 heteroatoms. The molecule has 0 spiro atoms. The summed E-state index contributed by atoms with van der Waals surface area (Å²) in [5.74, 6) is 2.35. The number of sulfonamides is 1. The normalized spacial score (nSPS) is 17.2. The lowest BCUT2D eigenvalue weighted by molar-refractivity contribution is 0.222. The van der Waals surface area contributed by atoms with Gasteiger partial charge >= 0.3 is 0 Å². The average molecular weight is 540 g/mol. The number of halogens is 1. The highest BCUT2D eigenvalue weighted by atomic mass is 127. The molecule has 0 aromatic heterocycles. The van der Waals surface area contributed by atoms with E-state index in [4.69, 9.17) is 9.47 Å². The van der Waals surface area contributed by atoms with Crippen LogP contribution in [0.3, 0.4) is 0 Å². The van der Waals surface area contributed by atoms with E-state index in [0.717, 1.165) is 24.3 Å². The molecule has 1 heterocycles. The summed E-state index contributed by atoms with van der Waals surface area (Å²) in [7, 11) is 0.248. The summed E-state index contributed by atoms with van der Waals surface area (Å²) in [6.45, 7) is 5.33. The number of benzene rings is 1. The maximum atomic E-state index is 12.0. The molecule has 0 bridgehead atoms. The van der Waals surface area contributed by atoms with E-state index in [1.807, 2.05) is 31.2 Å². The molecule has 0 amide bonds. The molecule has 29 heavy (non-hydrogen) atoms. The molecule has 0 saturated carbocycles. The molecule has 166 valence electrons. The molecule has 1 aliphatic rings. The van der Waals surface area contributed by atoms with Gasteiger partial charge < -0.3 is 20.1 Å².